The van der Waals surface area contributed by atoms with Crippen LogP contribution in [0.4, 0.5) is 0 Å². The maximum absolute atomic E-state index is 10.2. The molecule has 1 N–H and O–H groups in total. The first-order chi connectivity index (χ1) is 9.22. The SMILES string of the molecule is Cc1cnc(CN2CCC(O)c3ccccc3C2)o1. The molecule has 4 heteroatoms. The number of aryl methyl sites for hydroxylation is 1. The molecule has 1 aromatic carbocycles. The van der Waals surface area contributed by atoms with Gasteiger partial charge in [-0.15, -0.1) is 0 Å². The zero-order valence-electron chi connectivity index (χ0n) is 11.0. The zero-order valence-corrected chi connectivity index (χ0v) is 11.0. The number of aromatic nitrogens is 1. The summed E-state index contributed by atoms with van der Waals surface area (Å²) in [7, 11) is 0. The molecule has 19 heavy (non-hydrogen) atoms. The molecule has 3 rings (SSSR count). The lowest BCUT2D eigenvalue weighted by molar-refractivity contribution is 0.146. The van der Waals surface area contributed by atoms with Gasteiger partial charge in [-0.25, -0.2) is 4.98 Å². The summed E-state index contributed by atoms with van der Waals surface area (Å²) in [6, 6.07) is 8.09. The Morgan fingerprint density at radius 1 is 1.42 bits per heavy atom. The van der Waals surface area contributed by atoms with Crippen molar-refractivity contribution in [3.05, 3.63) is 53.2 Å². The lowest BCUT2D eigenvalue weighted by atomic mass is 10.0. The molecular weight excluding hydrogens is 240 g/mol. The summed E-state index contributed by atoms with van der Waals surface area (Å²) >= 11 is 0. The third kappa shape index (κ3) is 2.69. The molecule has 0 saturated heterocycles. The van der Waals surface area contributed by atoms with Gasteiger partial charge in [-0.05, 0) is 24.5 Å². The number of rotatable bonds is 2. The average Bonchev–Trinajstić information content (AvgIpc) is 2.74. The van der Waals surface area contributed by atoms with Crippen molar-refractivity contribution in [1.29, 1.82) is 0 Å². The fourth-order valence-electron chi connectivity index (χ4n) is 2.58. The maximum Gasteiger partial charge on any atom is 0.208 e. The lowest BCUT2D eigenvalue weighted by Crippen LogP contribution is -2.23. The second-order valence-electron chi connectivity index (χ2n) is 5.08. The molecule has 1 aliphatic rings. The Kier molecular flexibility index (Phi) is 3.36. The van der Waals surface area contributed by atoms with Crippen LogP contribution in [0.3, 0.4) is 0 Å². The van der Waals surface area contributed by atoms with Crippen LogP contribution in [-0.2, 0) is 13.1 Å². The van der Waals surface area contributed by atoms with E-state index in [4.69, 9.17) is 4.42 Å². The number of hydrogen-bond donors (Lipinski definition) is 1. The van der Waals surface area contributed by atoms with E-state index in [9.17, 15) is 5.11 Å². The minimum absolute atomic E-state index is 0.368. The zero-order chi connectivity index (χ0) is 13.2. The molecule has 0 aliphatic carbocycles. The molecule has 0 fully saturated rings. The lowest BCUT2D eigenvalue weighted by Gasteiger charge is -2.18. The van der Waals surface area contributed by atoms with Gasteiger partial charge in [0.1, 0.15) is 5.76 Å². The van der Waals surface area contributed by atoms with Gasteiger partial charge in [-0.3, -0.25) is 4.90 Å². The van der Waals surface area contributed by atoms with Crippen LogP contribution in [-0.4, -0.2) is 21.5 Å². The number of hydrogen-bond acceptors (Lipinski definition) is 4. The highest BCUT2D eigenvalue weighted by atomic mass is 16.4. The van der Waals surface area contributed by atoms with E-state index >= 15 is 0 Å². The highest BCUT2D eigenvalue weighted by molar-refractivity contribution is 5.29. The third-order valence-corrected chi connectivity index (χ3v) is 3.55. The predicted molar refractivity (Wildman–Crippen MR) is 71.4 cm³/mol. The largest absolute Gasteiger partial charge is 0.445 e. The van der Waals surface area contributed by atoms with Crippen LogP contribution in [0.15, 0.2) is 34.9 Å². The van der Waals surface area contributed by atoms with Crippen LogP contribution in [0.1, 0.15) is 35.3 Å². The summed E-state index contributed by atoms with van der Waals surface area (Å²) in [6.45, 7) is 4.26. The minimum Gasteiger partial charge on any atom is -0.445 e. The third-order valence-electron chi connectivity index (χ3n) is 3.55. The van der Waals surface area contributed by atoms with Crippen LogP contribution < -0.4 is 0 Å². The molecule has 1 aliphatic heterocycles. The molecule has 0 spiro atoms. The van der Waals surface area contributed by atoms with Crippen molar-refractivity contribution in [3.63, 3.8) is 0 Å². The van der Waals surface area contributed by atoms with Crippen LogP contribution in [0.2, 0.25) is 0 Å². The van der Waals surface area contributed by atoms with Gasteiger partial charge in [-0.2, -0.15) is 0 Å². The Hall–Kier alpha value is -1.65. The number of benzene rings is 1. The fourth-order valence-corrected chi connectivity index (χ4v) is 2.58. The molecular formula is C15H18N2O2. The Morgan fingerprint density at radius 3 is 3.05 bits per heavy atom. The van der Waals surface area contributed by atoms with Crippen molar-refractivity contribution in [1.82, 2.24) is 9.88 Å². The number of aliphatic hydroxyl groups is 1. The van der Waals surface area contributed by atoms with Gasteiger partial charge in [0.2, 0.25) is 5.89 Å². The van der Waals surface area contributed by atoms with E-state index in [2.05, 4.69) is 16.0 Å². The summed E-state index contributed by atoms with van der Waals surface area (Å²) < 4.78 is 5.53. The van der Waals surface area contributed by atoms with E-state index in [-0.39, 0.29) is 6.10 Å². The molecule has 1 atom stereocenters. The van der Waals surface area contributed by atoms with E-state index in [0.29, 0.717) is 6.54 Å². The quantitative estimate of drug-likeness (QED) is 0.898. The Bertz CT molecular complexity index is 565. The van der Waals surface area contributed by atoms with E-state index in [1.54, 1.807) is 6.20 Å². The Balaban J connectivity index is 1.79. The van der Waals surface area contributed by atoms with Crippen molar-refractivity contribution in [2.75, 3.05) is 6.54 Å². The normalized spacial score (nSPS) is 20.0. The van der Waals surface area contributed by atoms with Crippen molar-refractivity contribution in [3.8, 4) is 0 Å². The van der Waals surface area contributed by atoms with Gasteiger partial charge in [0.05, 0.1) is 18.8 Å². The Labute approximate surface area is 112 Å². The molecule has 0 bridgehead atoms. The fraction of sp³-hybridized carbons (Fsp3) is 0.400. The summed E-state index contributed by atoms with van der Waals surface area (Å²) in [5.74, 6) is 1.58. The number of fused-ring (bicyclic) bond motifs is 1. The van der Waals surface area contributed by atoms with Gasteiger partial charge in [-0.1, -0.05) is 24.3 Å². The second kappa shape index (κ2) is 5.15. The molecule has 100 valence electrons. The van der Waals surface area contributed by atoms with Crippen LogP contribution in [0.25, 0.3) is 0 Å². The van der Waals surface area contributed by atoms with Gasteiger partial charge >= 0.3 is 0 Å². The van der Waals surface area contributed by atoms with E-state index in [1.165, 1.54) is 5.56 Å². The number of oxazole rings is 1. The van der Waals surface area contributed by atoms with Crippen molar-refractivity contribution in [2.45, 2.75) is 32.5 Å². The molecule has 0 radical (unpaired) electrons. The minimum atomic E-state index is -0.368. The molecule has 0 amide bonds. The Morgan fingerprint density at radius 2 is 2.26 bits per heavy atom. The molecule has 1 unspecified atom stereocenters. The topological polar surface area (TPSA) is 49.5 Å². The molecule has 2 heterocycles. The van der Waals surface area contributed by atoms with Gasteiger partial charge in [0.15, 0.2) is 0 Å². The summed E-state index contributed by atoms with van der Waals surface area (Å²) in [6.07, 6.45) is 2.12. The van der Waals surface area contributed by atoms with Crippen LogP contribution >= 0.6 is 0 Å². The van der Waals surface area contributed by atoms with Crippen LogP contribution in [0, 0.1) is 6.92 Å². The van der Waals surface area contributed by atoms with Crippen molar-refractivity contribution in [2.24, 2.45) is 0 Å². The second-order valence-corrected chi connectivity index (χ2v) is 5.08. The molecule has 2 aromatic rings. The van der Waals surface area contributed by atoms with Crippen molar-refractivity contribution < 1.29 is 9.52 Å². The summed E-state index contributed by atoms with van der Waals surface area (Å²) in [4.78, 5) is 6.51. The molecule has 0 saturated carbocycles. The first-order valence-electron chi connectivity index (χ1n) is 6.62. The van der Waals surface area contributed by atoms with Gasteiger partial charge < -0.3 is 9.52 Å². The first kappa shape index (κ1) is 12.4. The van der Waals surface area contributed by atoms with Crippen LogP contribution in [0.5, 0.6) is 0 Å². The van der Waals surface area contributed by atoms with Gasteiger partial charge in [0, 0.05) is 13.1 Å². The standard InChI is InChI=1S/C15H18N2O2/c1-11-8-16-15(19-11)10-17-7-6-14(18)13-5-3-2-4-12(13)9-17/h2-5,8,14,18H,6-7,9-10H2,1H3. The molecule has 4 nitrogen and oxygen atoms in total. The van der Waals surface area contributed by atoms with Crippen molar-refractivity contribution >= 4 is 0 Å². The number of nitrogens with zero attached hydrogens (tertiary/aromatic N) is 2. The van der Waals surface area contributed by atoms with Gasteiger partial charge in [0.25, 0.3) is 0 Å². The molecule has 1 aromatic heterocycles. The average molecular weight is 258 g/mol. The number of aliphatic hydroxyl groups excluding tert-OH is 1. The first-order valence-corrected chi connectivity index (χ1v) is 6.62. The van der Waals surface area contributed by atoms with E-state index in [1.807, 2.05) is 25.1 Å². The maximum atomic E-state index is 10.2. The summed E-state index contributed by atoms with van der Waals surface area (Å²) in [5, 5.41) is 10.2. The smallest absolute Gasteiger partial charge is 0.208 e. The monoisotopic (exact) mass is 258 g/mol. The highest BCUT2D eigenvalue weighted by Crippen LogP contribution is 2.26. The van der Waals surface area contributed by atoms with E-state index in [0.717, 1.165) is 36.7 Å². The summed E-state index contributed by atoms with van der Waals surface area (Å²) in [5.41, 5.74) is 2.24. The highest BCUT2D eigenvalue weighted by Gasteiger charge is 2.21. The van der Waals surface area contributed by atoms with E-state index < -0.39 is 0 Å². The predicted octanol–water partition coefficient (Wildman–Crippen LogP) is 2.42.